The molecule has 2 N–H and O–H groups in total. The van der Waals surface area contributed by atoms with E-state index in [1.807, 2.05) is 11.9 Å². The van der Waals surface area contributed by atoms with E-state index in [1.165, 1.54) is 13.5 Å². The molecule has 20 heavy (non-hydrogen) atoms. The predicted octanol–water partition coefficient (Wildman–Crippen LogP) is 1.46. The Hall–Kier alpha value is -1.82. The van der Waals surface area contributed by atoms with Crippen molar-refractivity contribution >= 4 is 17.5 Å². The molecule has 1 aliphatic heterocycles. The number of nitrogens with zero attached hydrogens (tertiary/aromatic N) is 2. The molecule has 0 bridgehead atoms. The zero-order chi connectivity index (χ0) is 14.5. The zero-order valence-corrected chi connectivity index (χ0v) is 12.0. The summed E-state index contributed by atoms with van der Waals surface area (Å²) in [6, 6.07) is 1.59. The number of ether oxygens (including phenoxy) is 2. The Bertz CT molecular complexity index is 473. The van der Waals surface area contributed by atoms with Crippen molar-refractivity contribution in [3.63, 3.8) is 0 Å². The molecule has 2 rings (SSSR count). The quantitative estimate of drug-likeness (QED) is 0.841. The molecule has 0 aromatic carbocycles. The standard InChI is InChI=1S/C14H21N3O3/c1-17(9-11-5-3-4-6-20-11)13-12(14(18)19-2)7-10(15)8-16-13/h7-8,11H,3-6,9,15H2,1-2H3. The number of aromatic nitrogens is 1. The van der Waals surface area contributed by atoms with Gasteiger partial charge in [0.2, 0.25) is 0 Å². The number of pyridine rings is 1. The number of esters is 1. The van der Waals surface area contributed by atoms with Crippen molar-refractivity contribution in [1.82, 2.24) is 4.98 Å². The van der Waals surface area contributed by atoms with Crippen molar-refractivity contribution in [2.24, 2.45) is 0 Å². The van der Waals surface area contributed by atoms with Crippen LogP contribution in [0.4, 0.5) is 11.5 Å². The lowest BCUT2D eigenvalue weighted by Gasteiger charge is -2.28. The summed E-state index contributed by atoms with van der Waals surface area (Å²) < 4.78 is 10.5. The molecule has 2 heterocycles. The summed E-state index contributed by atoms with van der Waals surface area (Å²) in [5, 5.41) is 0. The van der Waals surface area contributed by atoms with Crippen molar-refractivity contribution in [2.75, 3.05) is 37.9 Å². The Balaban J connectivity index is 2.15. The Labute approximate surface area is 118 Å². The maximum Gasteiger partial charge on any atom is 0.341 e. The van der Waals surface area contributed by atoms with E-state index in [0.29, 0.717) is 23.6 Å². The third-order valence-corrected chi connectivity index (χ3v) is 3.41. The van der Waals surface area contributed by atoms with Crippen LogP contribution in [0.25, 0.3) is 0 Å². The summed E-state index contributed by atoms with van der Waals surface area (Å²) in [5.74, 6) is 0.136. The molecular formula is C14H21N3O3. The van der Waals surface area contributed by atoms with Crippen LogP contribution in [0, 0.1) is 0 Å². The average Bonchev–Trinajstić information content (AvgIpc) is 2.47. The highest BCUT2D eigenvalue weighted by atomic mass is 16.5. The lowest BCUT2D eigenvalue weighted by molar-refractivity contribution is 0.0214. The fourth-order valence-corrected chi connectivity index (χ4v) is 2.38. The van der Waals surface area contributed by atoms with Gasteiger partial charge in [0.25, 0.3) is 0 Å². The second-order valence-corrected chi connectivity index (χ2v) is 5.00. The van der Waals surface area contributed by atoms with Gasteiger partial charge >= 0.3 is 5.97 Å². The Morgan fingerprint density at radius 1 is 1.60 bits per heavy atom. The third kappa shape index (κ3) is 3.39. The van der Waals surface area contributed by atoms with Crippen molar-refractivity contribution < 1.29 is 14.3 Å². The van der Waals surface area contributed by atoms with Gasteiger partial charge in [0.05, 0.1) is 25.1 Å². The Kier molecular flexibility index (Phi) is 4.79. The van der Waals surface area contributed by atoms with E-state index in [1.54, 1.807) is 12.3 Å². The summed E-state index contributed by atoms with van der Waals surface area (Å²) in [6.45, 7) is 1.50. The van der Waals surface area contributed by atoms with E-state index in [0.717, 1.165) is 19.4 Å². The molecule has 0 aliphatic carbocycles. The number of carbonyl (C=O) groups is 1. The molecule has 0 spiro atoms. The van der Waals surface area contributed by atoms with Crippen LogP contribution in [-0.4, -0.2) is 44.4 Å². The summed E-state index contributed by atoms with van der Waals surface area (Å²) in [5.41, 5.74) is 6.51. The molecule has 1 aromatic heterocycles. The van der Waals surface area contributed by atoms with Crippen molar-refractivity contribution in [3.05, 3.63) is 17.8 Å². The lowest BCUT2D eigenvalue weighted by atomic mass is 10.1. The summed E-state index contributed by atoms with van der Waals surface area (Å²) in [7, 11) is 3.24. The second kappa shape index (κ2) is 6.56. The van der Waals surface area contributed by atoms with E-state index in [-0.39, 0.29) is 6.10 Å². The third-order valence-electron chi connectivity index (χ3n) is 3.41. The van der Waals surface area contributed by atoms with E-state index < -0.39 is 5.97 Å². The molecule has 110 valence electrons. The minimum absolute atomic E-state index is 0.179. The highest BCUT2D eigenvalue weighted by Gasteiger charge is 2.21. The number of hydrogen-bond donors (Lipinski definition) is 1. The van der Waals surface area contributed by atoms with Crippen LogP contribution in [0.2, 0.25) is 0 Å². The first-order chi connectivity index (χ1) is 9.61. The fourth-order valence-electron chi connectivity index (χ4n) is 2.38. The molecule has 6 nitrogen and oxygen atoms in total. The van der Waals surface area contributed by atoms with Crippen LogP contribution in [0.5, 0.6) is 0 Å². The largest absolute Gasteiger partial charge is 0.465 e. The van der Waals surface area contributed by atoms with Gasteiger partial charge in [-0.2, -0.15) is 0 Å². The van der Waals surface area contributed by atoms with Crippen LogP contribution in [-0.2, 0) is 9.47 Å². The van der Waals surface area contributed by atoms with Gasteiger partial charge in [-0.15, -0.1) is 0 Å². The van der Waals surface area contributed by atoms with Gasteiger partial charge in [-0.1, -0.05) is 0 Å². The first-order valence-electron chi connectivity index (χ1n) is 6.78. The molecule has 1 saturated heterocycles. The van der Waals surface area contributed by atoms with Crippen LogP contribution in [0.3, 0.4) is 0 Å². The number of rotatable bonds is 4. The van der Waals surface area contributed by atoms with Gasteiger partial charge in [-0.05, 0) is 25.3 Å². The second-order valence-electron chi connectivity index (χ2n) is 5.00. The van der Waals surface area contributed by atoms with Crippen LogP contribution >= 0.6 is 0 Å². The minimum atomic E-state index is -0.434. The first-order valence-corrected chi connectivity index (χ1v) is 6.78. The van der Waals surface area contributed by atoms with Crippen LogP contribution in [0.15, 0.2) is 12.3 Å². The van der Waals surface area contributed by atoms with Gasteiger partial charge in [0.15, 0.2) is 0 Å². The molecule has 6 heteroatoms. The lowest BCUT2D eigenvalue weighted by Crippen LogP contribution is -2.34. The van der Waals surface area contributed by atoms with Gasteiger partial charge in [-0.3, -0.25) is 0 Å². The van der Waals surface area contributed by atoms with E-state index in [4.69, 9.17) is 15.2 Å². The monoisotopic (exact) mass is 279 g/mol. The first kappa shape index (κ1) is 14.6. The molecule has 1 atom stereocenters. The molecule has 0 saturated carbocycles. The van der Waals surface area contributed by atoms with Gasteiger partial charge in [0, 0.05) is 20.2 Å². The molecule has 1 fully saturated rings. The predicted molar refractivity (Wildman–Crippen MR) is 76.8 cm³/mol. The van der Waals surface area contributed by atoms with Crippen LogP contribution < -0.4 is 10.6 Å². The number of anilines is 2. The Morgan fingerprint density at radius 3 is 3.05 bits per heavy atom. The van der Waals surface area contributed by atoms with Crippen molar-refractivity contribution in [1.29, 1.82) is 0 Å². The van der Waals surface area contributed by atoms with Crippen molar-refractivity contribution in [2.45, 2.75) is 25.4 Å². The van der Waals surface area contributed by atoms with E-state index in [9.17, 15) is 4.79 Å². The molecule has 1 aliphatic rings. The van der Waals surface area contributed by atoms with E-state index >= 15 is 0 Å². The van der Waals surface area contributed by atoms with E-state index in [2.05, 4.69) is 4.98 Å². The number of hydrogen-bond acceptors (Lipinski definition) is 6. The molecule has 0 radical (unpaired) electrons. The summed E-state index contributed by atoms with van der Waals surface area (Å²) in [4.78, 5) is 18.0. The SMILES string of the molecule is COC(=O)c1cc(N)cnc1N(C)CC1CCCCO1. The fraction of sp³-hybridized carbons (Fsp3) is 0.571. The molecular weight excluding hydrogens is 258 g/mol. The maximum atomic E-state index is 11.8. The molecule has 1 aromatic rings. The minimum Gasteiger partial charge on any atom is -0.465 e. The van der Waals surface area contributed by atoms with Crippen LogP contribution in [0.1, 0.15) is 29.6 Å². The highest BCUT2D eigenvalue weighted by Crippen LogP contribution is 2.22. The molecule has 0 amide bonds. The summed E-state index contributed by atoms with van der Waals surface area (Å²) in [6.07, 6.45) is 5.05. The topological polar surface area (TPSA) is 77.7 Å². The Morgan fingerprint density at radius 2 is 2.40 bits per heavy atom. The highest BCUT2D eigenvalue weighted by molar-refractivity contribution is 5.95. The summed E-state index contributed by atoms with van der Waals surface area (Å²) >= 11 is 0. The maximum absolute atomic E-state index is 11.8. The van der Waals surface area contributed by atoms with Gasteiger partial charge in [-0.25, -0.2) is 9.78 Å². The molecule has 1 unspecified atom stereocenters. The number of nitrogens with two attached hydrogens (primary N) is 1. The number of carbonyl (C=O) groups excluding carboxylic acids is 1. The normalized spacial score (nSPS) is 18.6. The number of likely N-dealkylation sites (N-methyl/N-ethyl adjacent to an activating group) is 1. The number of methoxy groups -OCH3 is 1. The number of nitrogen functional groups attached to an aromatic ring is 1. The van der Waals surface area contributed by atoms with Crippen molar-refractivity contribution in [3.8, 4) is 0 Å². The zero-order valence-electron chi connectivity index (χ0n) is 12.0. The smallest absolute Gasteiger partial charge is 0.341 e. The van der Waals surface area contributed by atoms with Gasteiger partial charge < -0.3 is 20.1 Å². The van der Waals surface area contributed by atoms with Gasteiger partial charge in [0.1, 0.15) is 11.4 Å². The average molecular weight is 279 g/mol.